The van der Waals surface area contributed by atoms with Gasteiger partial charge in [0, 0.05) is 31.1 Å². The van der Waals surface area contributed by atoms with E-state index < -0.39 is 20.7 Å². The predicted octanol–water partition coefficient (Wildman–Crippen LogP) is 4.04. The third kappa shape index (κ3) is 4.80. The van der Waals surface area contributed by atoms with Crippen molar-refractivity contribution < 1.29 is 17.5 Å². The van der Waals surface area contributed by atoms with Gasteiger partial charge in [0.25, 0.3) is 10.0 Å². The molecule has 0 aliphatic carbocycles. The molecular formula is C21H22FN3O3S2. The molecule has 1 saturated heterocycles. The second-order valence-electron chi connectivity index (χ2n) is 7.28. The summed E-state index contributed by atoms with van der Waals surface area (Å²) in [5, 5.41) is 1.54. The summed E-state index contributed by atoms with van der Waals surface area (Å²) < 4.78 is 48.0. The van der Waals surface area contributed by atoms with E-state index in [1.54, 1.807) is 12.3 Å². The fraction of sp³-hybridized carbons (Fsp3) is 0.286. The zero-order valence-corrected chi connectivity index (χ0v) is 18.0. The smallest absolute Gasteiger partial charge is 0.266 e. The lowest BCUT2D eigenvalue weighted by molar-refractivity contribution is 0.196. The fourth-order valence-electron chi connectivity index (χ4n) is 3.48. The summed E-state index contributed by atoms with van der Waals surface area (Å²) in [6.07, 6.45) is 0.765. The molecule has 1 aliphatic rings. The lowest BCUT2D eigenvalue weighted by Crippen LogP contribution is -2.25. The Bertz CT molecular complexity index is 1110. The molecule has 2 aromatic carbocycles. The molecule has 9 heteroatoms. The third-order valence-corrected chi connectivity index (χ3v) is 6.92. The third-order valence-electron chi connectivity index (χ3n) is 4.96. The van der Waals surface area contributed by atoms with Crippen LogP contribution in [-0.2, 0) is 16.6 Å². The number of aromatic nitrogens is 1. The van der Waals surface area contributed by atoms with Crippen LogP contribution in [0.2, 0.25) is 0 Å². The minimum absolute atomic E-state index is 0.0672. The van der Waals surface area contributed by atoms with Gasteiger partial charge in [0.2, 0.25) is 0 Å². The van der Waals surface area contributed by atoms with Gasteiger partial charge in [0.15, 0.2) is 5.82 Å². The number of sulfonamides is 1. The molecule has 3 aromatic rings. The Labute approximate surface area is 179 Å². The topological polar surface area (TPSA) is 71.5 Å². The average Bonchev–Trinajstić information content (AvgIpc) is 3.37. The highest BCUT2D eigenvalue weighted by Gasteiger charge is 2.26. The van der Waals surface area contributed by atoms with Crippen molar-refractivity contribution in [2.45, 2.75) is 30.9 Å². The molecule has 0 saturated carbocycles. The number of halogens is 1. The summed E-state index contributed by atoms with van der Waals surface area (Å²) in [6, 6.07) is 12.7. The van der Waals surface area contributed by atoms with Gasteiger partial charge in [0.05, 0.1) is 5.51 Å². The molecule has 1 N–H and O–H groups in total. The van der Waals surface area contributed by atoms with Gasteiger partial charge in [-0.15, -0.1) is 11.3 Å². The molecular weight excluding hydrogens is 425 g/mol. The van der Waals surface area contributed by atoms with Crippen LogP contribution >= 0.6 is 11.3 Å². The van der Waals surface area contributed by atoms with Crippen LogP contribution < -0.4 is 9.46 Å². The summed E-state index contributed by atoms with van der Waals surface area (Å²) in [6.45, 7) is 4.19. The SMILES string of the molecule is Cc1cc(S(=O)(=O)Nc2cscn2)c(F)cc1OC1CCN(Cc2ccccc2)C1. The largest absolute Gasteiger partial charge is 0.489 e. The van der Waals surface area contributed by atoms with E-state index in [1.165, 1.54) is 28.5 Å². The highest BCUT2D eigenvalue weighted by Crippen LogP contribution is 2.29. The summed E-state index contributed by atoms with van der Waals surface area (Å²) in [5.41, 5.74) is 3.30. The summed E-state index contributed by atoms with van der Waals surface area (Å²) in [7, 11) is -4.07. The lowest BCUT2D eigenvalue weighted by Gasteiger charge is -2.18. The number of aryl methyl sites for hydroxylation is 1. The van der Waals surface area contributed by atoms with Gasteiger partial charge in [-0.25, -0.2) is 17.8 Å². The first kappa shape index (κ1) is 20.8. The minimum atomic E-state index is -4.07. The van der Waals surface area contributed by atoms with E-state index in [0.29, 0.717) is 11.3 Å². The standard InChI is InChI=1S/C21H22FN3O3S2/c1-15-9-20(30(26,27)24-21-13-29-14-23-21)18(22)10-19(15)28-17-7-8-25(12-17)11-16-5-3-2-4-6-16/h2-6,9-10,13-14,17,24H,7-8,11-12H2,1H3. The normalized spacial score (nSPS) is 17.2. The number of nitrogens with zero attached hydrogens (tertiary/aromatic N) is 2. The van der Waals surface area contributed by atoms with Crippen LogP contribution in [0.1, 0.15) is 17.5 Å². The van der Waals surface area contributed by atoms with Crippen molar-refractivity contribution in [1.29, 1.82) is 0 Å². The molecule has 1 atom stereocenters. The van der Waals surface area contributed by atoms with Crippen LogP contribution in [0.4, 0.5) is 10.2 Å². The van der Waals surface area contributed by atoms with Crippen LogP contribution in [-0.4, -0.2) is 37.5 Å². The maximum Gasteiger partial charge on any atom is 0.266 e. The number of anilines is 1. The van der Waals surface area contributed by atoms with Gasteiger partial charge in [-0.05, 0) is 30.5 Å². The summed E-state index contributed by atoms with van der Waals surface area (Å²) in [5.74, 6) is -0.314. The Kier molecular flexibility index (Phi) is 6.03. The van der Waals surface area contributed by atoms with Gasteiger partial charge in [-0.3, -0.25) is 9.62 Å². The molecule has 4 rings (SSSR count). The van der Waals surface area contributed by atoms with Crippen LogP contribution in [0, 0.1) is 12.7 Å². The van der Waals surface area contributed by atoms with E-state index in [1.807, 2.05) is 18.2 Å². The molecule has 1 fully saturated rings. The number of thiazole rings is 1. The Morgan fingerprint density at radius 1 is 1.30 bits per heavy atom. The van der Waals surface area contributed by atoms with E-state index in [9.17, 15) is 12.8 Å². The molecule has 0 radical (unpaired) electrons. The second-order valence-corrected chi connectivity index (χ2v) is 9.65. The number of likely N-dealkylation sites (tertiary alicyclic amines) is 1. The Morgan fingerprint density at radius 3 is 2.83 bits per heavy atom. The molecule has 1 aliphatic heterocycles. The quantitative estimate of drug-likeness (QED) is 0.592. The Hall–Kier alpha value is -2.49. The van der Waals surface area contributed by atoms with Crippen LogP contribution in [0.5, 0.6) is 5.75 Å². The fourth-order valence-corrected chi connectivity index (χ4v) is 5.19. The average molecular weight is 448 g/mol. The number of hydrogen-bond donors (Lipinski definition) is 1. The number of ether oxygens (including phenoxy) is 1. The minimum Gasteiger partial charge on any atom is -0.489 e. The van der Waals surface area contributed by atoms with Crippen molar-refractivity contribution in [1.82, 2.24) is 9.88 Å². The number of nitrogens with one attached hydrogen (secondary N) is 1. The number of rotatable bonds is 7. The first-order valence-electron chi connectivity index (χ1n) is 9.55. The van der Waals surface area contributed by atoms with Crippen LogP contribution in [0.3, 0.4) is 0 Å². The molecule has 0 bridgehead atoms. The van der Waals surface area contributed by atoms with Crippen LogP contribution in [0.15, 0.2) is 58.3 Å². The first-order chi connectivity index (χ1) is 14.4. The van der Waals surface area contributed by atoms with Gasteiger partial charge in [0.1, 0.15) is 22.6 Å². The van der Waals surface area contributed by atoms with Gasteiger partial charge < -0.3 is 4.74 Å². The first-order valence-corrected chi connectivity index (χ1v) is 12.0. The van der Waals surface area contributed by atoms with E-state index in [4.69, 9.17) is 4.74 Å². The molecule has 1 unspecified atom stereocenters. The lowest BCUT2D eigenvalue weighted by atomic mass is 10.2. The summed E-state index contributed by atoms with van der Waals surface area (Å²) >= 11 is 1.25. The van der Waals surface area contributed by atoms with Crippen molar-refractivity contribution >= 4 is 27.2 Å². The summed E-state index contributed by atoms with van der Waals surface area (Å²) in [4.78, 5) is 5.75. The van der Waals surface area contributed by atoms with Crippen molar-refractivity contribution in [2.24, 2.45) is 0 Å². The predicted molar refractivity (Wildman–Crippen MR) is 115 cm³/mol. The molecule has 30 heavy (non-hydrogen) atoms. The molecule has 158 valence electrons. The molecule has 6 nitrogen and oxygen atoms in total. The molecule has 1 aromatic heterocycles. The maximum absolute atomic E-state index is 14.7. The zero-order chi connectivity index (χ0) is 21.1. The Morgan fingerprint density at radius 2 is 2.10 bits per heavy atom. The highest BCUT2D eigenvalue weighted by molar-refractivity contribution is 7.92. The zero-order valence-electron chi connectivity index (χ0n) is 16.4. The second kappa shape index (κ2) is 8.71. The Balaban J connectivity index is 1.44. The van der Waals surface area contributed by atoms with E-state index >= 15 is 0 Å². The maximum atomic E-state index is 14.7. The molecule has 2 heterocycles. The van der Waals surface area contributed by atoms with Gasteiger partial charge in [-0.2, -0.15) is 0 Å². The van der Waals surface area contributed by atoms with E-state index in [0.717, 1.165) is 32.1 Å². The van der Waals surface area contributed by atoms with Crippen molar-refractivity contribution in [2.75, 3.05) is 17.8 Å². The van der Waals surface area contributed by atoms with E-state index in [2.05, 4.69) is 26.7 Å². The molecule has 0 spiro atoms. The van der Waals surface area contributed by atoms with Crippen LogP contribution in [0.25, 0.3) is 0 Å². The number of hydrogen-bond acceptors (Lipinski definition) is 6. The number of benzene rings is 2. The molecule has 0 amide bonds. The van der Waals surface area contributed by atoms with Crippen molar-refractivity contribution in [3.8, 4) is 5.75 Å². The van der Waals surface area contributed by atoms with E-state index in [-0.39, 0.29) is 11.9 Å². The monoisotopic (exact) mass is 447 g/mol. The van der Waals surface area contributed by atoms with Gasteiger partial charge in [-0.1, -0.05) is 30.3 Å². The highest BCUT2D eigenvalue weighted by atomic mass is 32.2. The van der Waals surface area contributed by atoms with Gasteiger partial charge >= 0.3 is 0 Å². The van der Waals surface area contributed by atoms with Crippen molar-refractivity contribution in [3.63, 3.8) is 0 Å². The van der Waals surface area contributed by atoms with Crippen molar-refractivity contribution in [3.05, 3.63) is 70.3 Å².